The lowest BCUT2D eigenvalue weighted by Gasteiger charge is -2.57. The molecule has 4 aliphatic carbocycles. The van der Waals surface area contributed by atoms with E-state index in [1.807, 2.05) is 6.08 Å². The third-order valence-corrected chi connectivity index (χ3v) is 6.30. The van der Waals surface area contributed by atoms with Gasteiger partial charge in [-0.1, -0.05) is 6.08 Å². The van der Waals surface area contributed by atoms with Crippen molar-refractivity contribution in [2.75, 3.05) is 6.54 Å². The minimum absolute atomic E-state index is 0.178. The Kier molecular flexibility index (Phi) is 2.99. The smallest absolute Gasteiger partial charge is 0.218 e. The van der Waals surface area contributed by atoms with Crippen molar-refractivity contribution in [3.8, 4) is 0 Å². The van der Waals surface area contributed by atoms with Gasteiger partial charge in [-0.05, 0) is 80.3 Å². The third kappa shape index (κ3) is 2.03. The lowest BCUT2D eigenvalue weighted by Crippen LogP contribution is -2.48. The summed E-state index contributed by atoms with van der Waals surface area (Å²) in [4.78, 5) is 2.15. The predicted octanol–water partition coefficient (Wildman–Crippen LogP) is 4.16. The molecule has 0 aromatic rings. The van der Waals surface area contributed by atoms with Gasteiger partial charge in [0.2, 0.25) is 5.11 Å². The Morgan fingerprint density at radius 2 is 1.80 bits per heavy atom. The largest absolute Gasteiger partial charge is 0.318 e. The summed E-state index contributed by atoms with van der Waals surface area (Å²) in [6.45, 7) is 4.62. The van der Waals surface area contributed by atoms with E-state index in [4.69, 9.17) is 12.2 Å². The summed E-state index contributed by atoms with van der Waals surface area (Å²) in [6.07, 6.45) is 12.0. The van der Waals surface area contributed by atoms with Crippen LogP contribution in [-0.2, 0) is 0 Å². The molecular formula is C16H23N3S. The second-order valence-corrected chi connectivity index (χ2v) is 7.91. The van der Waals surface area contributed by atoms with Crippen LogP contribution in [0.1, 0.15) is 44.9 Å². The summed E-state index contributed by atoms with van der Waals surface area (Å²) in [5.41, 5.74) is 0.539. The highest BCUT2D eigenvalue weighted by atomic mass is 32.1. The molecule has 0 spiro atoms. The average Bonchev–Trinajstić information content (AvgIpc) is 2.70. The Hall–Kier alpha value is -0.770. The molecule has 3 nitrogen and oxygen atoms in total. The zero-order valence-electron chi connectivity index (χ0n) is 12.0. The molecule has 0 aromatic carbocycles. The van der Waals surface area contributed by atoms with Crippen molar-refractivity contribution in [3.63, 3.8) is 0 Å². The summed E-state index contributed by atoms with van der Waals surface area (Å²) in [5.74, 6) is 3.00. The standard InChI is InChI=1S/C16H23N3S/c1-2-3-19-14(17-18-15(19)20)10-16-7-11-4-12(8-16)6-13(5-11)9-16/h2,11-14H,1,3-10H2. The predicted molar refractivity (Wildman–Crippen MR) is 83.4 cm³/mol. The van der Waals surface area contributed by atoms with Crippen molar-refractivity contribution in [2.24, 2.45) is 33.4 Å². The molecule has 1 unspecified atom stereocenters. The normalized spacial score (nSPS) is 45.4. The molecule has 1 heterocycles. The van der Waals surface area contributed by atoms with Crippen LogP contribution in [0.15, 0.2) is 22.9 Å². The van der Waals surface area contributed by atoms with Gasteiger partial charge in [-0.3, -0.25) is 0 Å². The highest BCUT2D eigenvalue weighted by Gasteiger charge is 2.52. The van der Waals surface area contributed by atoms with Crippen molar-refractivity contribution in [1.82, 2.24) is 4.90 Å². The SMILES string of the molecule is C=CCN1C(=S)N=NC1CC12CC3CC(CC(C3)C1)C2. The van der Waals surface area contributed by atoms with E-state index in [9.17, 15) is 0 Å². The minimum Gasteiger partial charge on any atom is -0.318 e. The summed E-state index contributed by atoms with van der Waals surface area (Å²) in [5, 5.41) is 9.26. The number of hydrogen-bond donors (Lipinski definition) is 0. The molecule has 108 valence electrons. The molecule has 0 amide bonds. The number of nitrogens with zero attached hydrogens (tertiary/aromatic N) is 3. The van der Waals surface area contributed by atoms with Gasteiger partial charge in [0.25, 0.3) is 0 Å². The summed E-state index contributed by atoms with van der Waals surface area (Å²) in [6, 6.07) is 0. The van der Waals surface area contributed by atoms with Crippen LogP contribution in [0.4, 0.5) is 0 Å². The molecule has 1 aliphatic heterocycles. The van der Waals surface area contributed by atoms with Crippen molar-refractivity contribution >= 4 is 17.3 Å². The van der Waals surface area contributed by atoms with E-state index in [1.54, 1.807) is 0 Å². The number of thiocarbonyl (C=S) groups is 1. The fourth-order valence-corrected chi connectivity index (χ4v) is 6.02. The first-order valence-corrected chi connectivity index (χ1v) is 8.41. The number of rotatable bonds is 4. The maximum absolute atomic E-state index is 5.31. The van der Waals surface area contributed by atoms with Crippen molar-refractivity contribution in [3.05, 3.63) is 12.7 Å². The fourth-order valence-electron chi connectivity index (χ4n) is 5.78. The molecular weight excluding hydrogens is 266 g/mol. The van der Waals surface area contributed by atoms with E-state index in [0.717, 1.165) is 30.7 Å². The third-order valence-electron chi connectivity index (χ3n) is 5.99. The van der Waals surface area contributed by atoms with Crippen LogP contribution in [0.3, 0.4) is 0 Å². The first-order chi connectivity index (χ1) is 9.67. The molecule has 5 rings (SSSR count). The van der Waals surface area contributed by atoms with Gasteiger partial charge >= 0.3 is 0 Å². The Bertz CT molecular complexity index is 435. The van der Waals surface area contributed by atoms with Gasteiger partial charge in [-0.25, -0.2) is 0 Å². The Labute approximate surface area is 126 Å². The van der Waals surface area contributed by atoms with E-state index in [2.05, 4.69) is 21.7 Å². The van der Waals surface area contributed by atoms with Crippen LogP contribution in [0.5, 0.6) is 0 Å². The molecule has 5 aliphatic rings. The summed E-state index contributed by atoms with van der Waals surface area (Å²) >= 11 is 5.31. The van der Waals surface area contributed by atoms with Crippen LogP contribution < -0.4 is 0 Å². The lowest BCUT2D eigenvalue weighted by molar-refractivity contribution is -0.0649. The Balaban J connectivity index is 1.52. The van der Waals surface area contributed by atoms with Crippen LogP contribution in [0.2, 0.25) is 0 Å². The Morgan fingerprint density at radius 1 is 1.20 bits per heavy atom. The van der Waals surface area contributed by atoms with Crippen molar-refractivity contribution < 1.29 is 0 Å². The second kappa shape index (κ2) is 4.62. The van der Waals surface area contributed by atoms with Gasteiger partial charge in [0.1, 0.15) is 6.17 Å². The zero-order chi connectivity index (χ0) is 13.7. The van der Waals surface area contributed by atoms with Gasteiger partial charge in [-0.15, -0.1) is 11.7 Å². The monoisotopic (exact) mass is 289 g/mol. The van der Waals surface area contributed by atoms with Crippen LogP contribution in [-0.4, -0.2) is 22.7 Å². The molecule has 1 atom stereocenters. The highest BCUT2D eigenvalue weighted by molar-refractivity contribution is 7.80. The molecule has 0 N–H and O–H groups in total. The van der Waals surface area contributed by atoms with Crippen molar-refractivity contribution in [2.45, 2.75) is 51.1 Å². The van der Waals surface area contributed by atoms with E-state index >= 15 is 0 Å². The first-order valence-electron chi connectivity index (χ1n) is 8.00. The maximum Gasteiger partial charge on any atom is 0.218 e. The Morgan fingerprint density at radius 3 is 2.35 bits per heavy atom. The van der Waals surface area contributed by atoms with E-state index in [1.165, 1.54) is 38.5 Å². The summed E-state index contributed by atoms with van der Waals surface area (Å²) < 4.78 is 0. The quantitative estimate of drug-likeness (QED) is 0.574. The topological polar surface area (TPSA) is 28.0 Å². The van der Waals surface area contributed by atoms with Gasteiger partial charge in [-0.2, -0.15) is 5.11 Å². The van der Waals surface area contributed by atoms with E-state index in [-0.39, 0.29) is 6.17 Å². The number of hydrogen-bond acceptors (Lipinski definition) is 2. The molecule has 4 heteroatoms. The molecule has 4 saturated carbocycles. The second-order valence-electron chi connectivity index (χ2n) is 7.54. The summed E-state index contributed by atoms with van der Waals surface area (Å²) in [7, 11) is 0. The van der Waals surface area contributed by atoms with Crippen LogP contribution >= 0.6 is 12.2 Å². The lowest BCUT2D eigenvalue weighted by atomic mass is 9.48. The van der Waals surface area contributed by atoms with Gasteiger partial charge in [0.15, 0.2) is 0 Å². The van der Waals surface area contributed by atoms with Gasteiger partial charge in [0, 0.05) is 6.54 Å². The molecule has 0 aromatic heterocycles. The van der Waals surface area contributed by atoms with Gasteiger partial charge < -0.3 is 4.90 Å². The molecule has 0 saturated heterocycles. The molecule has 0 radical (unpaired) electrons. The van der Waals surface area contributed by atoms with Gasteiger partial charge in [0.05, 0.1) is 0 Å². The van der Waals surface area contributed by atoms with Crippen LogP contribution in [0, 0.1) is 23.2 Å². The maximum atomic E-state index is 5.31. The number of azo groups is 1. The van der Waals surface area contributed by atoms with Crippen LogP contribution in [0.25, 0.3) is 0 Å². The highest BCUT2D eigenvalue weighted by Crippen LogP contribution is 2.62. The molecule has 4 fully saturated rings. The van der Waals surface area contributed by atoms with Crippen molar-refractivity contribution in [1.29, 1.82) is 0 Å². The molecule has 20 heavy (non-hydrogen) atoms. The average molecular weight is 289 g/mol. The zero-order valence-corrected chi connectivity index (χ0v) is 12.8. The minimum atomic E-state index is 0.178. The molecule has 4 bridgehead atoms. The first kappa shape index (κ1) is 12.9. The van der Waals surface area contributed by atoms with E-state index in [0.29, 0.717) is 10.5 Å². The fraction of sp³-hybridized carbons (Fsp3) is 0.812. The van der Waals surface area contributed by atoms with E-state index < -0.39 is 0 Å².